The Morgan fingerprint density at radius 1 is 0.897 bits per heavy atom. The standard InChI is InChI=1S/C23H40O6/c1-6-20(24)27-18-13-15-23(29-22(26)8-3,14-11-9-10-12-17(4)5)19(16-18)28-21(25)7-2/h17-19H,6-16H2,1-5H3. The van der Waals surface area contributed by atoms with Gasteiger partial charge in [-0.15, -0.1) is 0 Å². The van der Waals surface area contributed by atoms with Gasteiger partial charge in [0.1, 0.15) is 17.8 Å². The molecule has 0 heterocycles. The van der Waals surface area contributed by atoms with E-state index in [0.29, 0.717) is 38.0 Å². The summed E-state index contributed by atoms with van der Waals surface area (Å²) in [5, 5.41) is 0. The quantitative estimate of drug-likeness (QED) is 0.252. The van der Waals surface area contributed by atoms with Gasteiger partial charge in [0.2, 0.25) is 0 Å². The van der Waals surface area contributed by atoms with E-state index in [9.17, 15) is 14.4 Å². The molecule has 1 aliphatic carbocycles. The number of carbonyl (C=O) groups excluding carboxylic acids is 3. The molecule has 0 aromatic carbocycles. The molecule has 3 atom stereocenters. The molecule has 0 aromatic heterocycles. The molecular formula is C23H40O6. The Balaban J connectivity index is 2.94. The zero-order valence-corrected chi connectivity index (χ0v) is 19.0. The Bertz CT molecular complexity index is 529. The number of unbranched alkanes of at least 4 members (excludes halogenated alkanes) is 2. The Kier molecular flexibility index (Phi) is 11.3. The summed E-state index contributed by atoms with van der Waals surface area (Å²) in [7, 11) is 0. The highest BCUT2D eigenvalue weighted by molar-refractivity contribution is 5.71. The summed E-state index contributed by atoms with van der Waals surface area (Å²) >= 11 is 0. The normalized spacial score (nSPS) is 24.2. The molecule has 6 nitrogen and oxygen atoms in total. The van der Waals surface area contributed by atoms with Crippen molar-refractivity contribution in [3.63, 3.8) is 0 Å². The third-order valence-electron chi connectivity index (χ3n) is 5.59. The molecule has 1 fully saturated rings. The maximum absolute atomic E-state index is 12.2. The van der Waals surface area contributed by atoms with E-state index in [2.05, 4.69) is 13.8 Å². The van der Waals surface area contributed by atoms with Crippen LogP contribution in [0.2, 0.25) is 0 Å². The monoisotopic (exact) mass is 412 g/mol. The molecule has 168 valence electrons. The Hall–Kier alpha value is -1.59. The van der Waals surface area contributed by atoms with Crippen molar-refractivity contribution in [2.75, 3.05) is 0 Å². The van der Waals surface area contributed by atoms with E-state index in [0.717, 1.165) is 19.3 Å². The molecule has 6 heteroatoms. The van der Waals surface area contributed by atoms with Gasteiger partial charge < -0.3 is 14.2 Å². The van der Waals surface area contributed by atoms with E-state index in [1.165, 1.54) is 6.42 Å². The summed E-state index contributed by atoms with van der Waals surface area (Å²) in [6.45, 7) is 9.68. The highest BCUT2D eigenvalue weighted by Crippen LogP contribution is 2.40. The molecule has 0 spiro atoms. The average molecular weight is 413 g/mol. The highest BCUT2D eigenvalue weighted by atomic mass is 16.6. The van der Waals surface area contributed by atoms with Crippen LogP contribution in [0.1, 0.15) is 105 Å². The predicted molar refractivity (Wildman–Crippen MR) is 111 cm³/mol. The third kappa shape index (κ3) is 8.75. The fraction of sp³-hybridized carbons (Fsp3) is 0.870. The van der Waals surface area contributed by atoms with Gasteiger partial charge >= 0.3 is 17.9 Å². The van der Waals surface area contributed by atoms with E-state index in [1.807, 2.05) is 0 Å². The first kappa shape index (κ1) is 25.4. The Labute approximate surface area is 176 Å². The molecule has 0 amide bonds. The number of rotatable bonds is 12. The SMILES string of the molecule is CCC(=O)OC1CCC(CCCCCC(C)C)(OC(=O)CC)C(OC(=O)CC)C1. The molecule has 1 rings (SSSR count). The molecule has 0 bridgehead atoms. The van der Waals surface area contributed by atoms with Crippen molar-refractivity contribution < 1.29 is 28.6 Å². The summed E-state index contributed by atoms with van der Waals surface area (Å²) in [6.07, 6.45) is 6.37. The van der Waals surface area contributed by atoms with Crippen molar-refractivity contribution in [1.29, 1.82) is 0 Å². The van der Waals surface area contributed by atoms with E-state index >= 15 is 0 Å². The van der Waals surface area contributed by atoms with Crippen molar-refractivity contribution in [2.24, 2.45) is 5.92 Å². The Morgan fingerprint density at radius 2 is 1.52 bits per heavy atom. The third-order valence-corrected chi connectivity index (χ3v) is 5.59. The van der Waals surface area contributed by atoms with Crippen LogP contribution in [-0.4, -0.2) is 35.7 Å². The molecule has 0 radical (unpaired) electrons. The maximum atomic E-state index is 12.2. The summed E-state index contributed by atoms with van der Waals surface area (Å²) in [6, 6.07) is 0. The van der Waals surface area contributed by atoms with Crippen LogP contribution >= 0.6 is 0 Å². The first-order valence-corrected chi connectivity index (χ1v) is 11.4. The number of ether oxygens (including phenoxy) is 3. The van der Waals surface area contributed by atoms with E-state index in [-0.39, 0.29) is 36.9 Å². The number of carbonyl (C=O) groups is 3. The first-order valence-electron chi connectivity index (χ1n) is 11.4. The Morgan fingerprint density at radius 3 is 2.10 bits per heavy atom. The van der Waals surface area contributed by atoms with Gasteiger partial charge in [0.25, 0.3) is 0 Å². The lowest BCUT2D eigenvalue weighted by Gasteiger charge is -2.44. The molecule has 3 unspecified atom stereocenters. The minimum Gasteiger partial charge on any atom is -0.462 e. The number of esters is 3. The van der Waals surface area contributed by atoms with Gasteiger partial charge in [-0.05, 0) is 31.6 Å². The van der Waals surface area contributed by atoms with Gasteiger partial charge in [-0.2, -0.15) is 0 Å². The van der Waals surface area contributed by atoms with E-state index in [4.69, 9.17) is 14.2 Å². The smallest absolute Gasteiger partial charge is 0.306 e. The van der Waals surface area contributed by atoms with Crippen LogP contribution < -0.4 is 0 Å². The number of hydrogen-bond acceptors (Lipinski definition) is 6. The molecule has 29 heavy (non-hydrogen) atoms. The number of hydrogen-bond donors (Lipinski definition) is 0. The lowest BCUT2D eigenvalue weighted by Crippen LogP contribution is -2.54. The van der Waals surface area contributed by atoms with Crippen LogP contribution in [0.25, 0.3) is 0 Å². The van der Waals surface area contributed by atoms with Crippen LogP contribution in [0.3, 0.4) is 0 Å². The lowest BCUT2D eigenvalue weighted by atomic mass is 9.77. The van der Waals surface area contributed by atoms with Crippen LogP contribution in [0.5, 0.6) is 0 Å². The van der Waals surface area contributed by atoms with Crippen LogP contribution in [0.15, 0.2) is 0 Å². The van der Waals surface area contributed by atoms with Crippen LogP contribution in [0, 0.1) is 5.92 Å². The minimum absolute atomic E-state index is 0.252. The van der Waals surface area contributed by atoms with Crippen molar-refractivity contribution in [2.45, 2.75) is 123 Å². The molecule has 1 aliphatic rings. The van der Waals surface area contributed by atoms with Crippen molar-refractivity contribution in [3.05, 3.63) is 0 Å². The lowest BCUT2D eigenvalue weighted by molar-refractivity contribution is -0.205. The predicted octanol–water partition coefficient (Wildman–Crippen LogP) is 5.11. The van der Waals surface area contributed by atoms with Gasteiger partial charge in [-0.25, -0.2) is 0 Å². The second-order valence-electron chi connectivity index (χ2n) is 8.46. The fourth-order valence-electron chi connectivity index (χ4n) is 3.82. The molecule has 0 aromatic rings. The summed E-state index contributed by atoms with van der Waals surface area (Å²) < 4.78 is 17.2. The van der Waals surface area contributed by atoms with Crippen molar-refractivity contribution in [1.82, 2.24) is 0 Å². The van der Waals surface area contributed by atoms with Gasteiger partial charge in [-0.1, -0.05) is 53.9 Å². The largest absolute Gasteiger partial charge is 0.462 e. The summed E-state index contributed by atoms with van der Waals surface area (Å²) in [4.78, 5) is 36.0. The van der Waals surface area contributed by atoms with Crippen molar-refractivity contribution >= 4 is 17.9 Å². The van der Waals surface area contributed by atoms with Gasteiger partial charge in [-0.3, -0.25) is 14.4 Å². The molecule has 0 saturated heterocycles. The minimum atomic E-state index is -0.828. The summed E-state index contributed by atoms with van der Waals surface area (Å²) in [5.74, 6) is -0.200. The maximum Gasteiger partial charge on any atom is 0.306 e. The highest BCUT2D eigenvalue weighted by Gasteiger charge is 2.49. The van der Waals surface area contributed by atoms with Gasteiger partial charge in [0.15, 0.2) is 0 Å². The molecule has 0 N–H and O–H groups in total. The molecule has 0 aliphatic heterocycles. The van der Waals surface area contributed by atoms with Crippen LogP contribution in [-0.2, 0) is 28.6 Å². The first-order chi connectivity index (χ1) is 13.8. The van der Waals surface area contributed by atoms with E-state index in [1.54, 1.807) is 20.8 Å². The fourth-order valence-corrected chi connectivity index (χ4v) is 3.82. The topological polar surface area (TPSA) is 78.9 Å². The van der Waals surface area contributed by atoms with Gasteiger partial charge in [0.05, 0.1) is 0 Å². The molecular weight excluding hydrogens is 372 g/mol. The van der Waals surface area contributed by atoms with E-state index < -0.39 is 11.7 Å². The zero-order chi connectivity index (χ0) is 21.9. The zero-order valence-electron chi connectivity index (χ0n) is 19.0. The van der Waals surface area contributed by atoms with Crippen LogP contribution in [0.4, 0.5) is 0 Å². The second-order valence-corrected chi connectivity index (χ2v) is 8.46. The van der Waals surface area contributed by atoms with Gasteiger partial charge in [0, 0.05) is 25.7 Å². The van der Waals surface area contributed by atoms with Crippen molar-refractivity contribution in [3.8, 4) is 0 Å². The summed E-state index contributed by atoms with van der Waals surface area (Å²) in [5.41, 5.74) is -0.828. The molecule has 1 saturated carbocycles. The average Bonchev–Trinajstić information content (AvgIpc) is 2.69. The second kappa shape index (κ2) is 12.9.